The third-order valence-electron chi connectivity index (χ3n) is 3.75. The van der Waals surface area contributed by atoms with Crippen LogP contribution in [-0.2, 0) is 4.79 Å². The number of rotatable bonds is 5. The SMILES string of the molecule is CCCC(NC1CC(C)CCC1C)C(=O)O. The van der Waals surface area contributed by atoms with Crippen molar-refractivity contribution in [2.24, 2.45) is 11.8 Å². The number of carboxylic acid groups (broad SMARTS) is 1. The molecule has 1 aliphatic carbocycles. The maximum absolute atomic E-state index is 11.1. The Balaban J connectivity index is 2.51. The maximum Gasteiger partial charge on any atom is 0.320 e. The fourth-order valence-corrected chi connectivity index (χ4v) is 2.59. The first-order valence-electron chi connectivity index (χ1n) is 6.53. The summed E-state index contributed by atoms with van der Waals surface area (Å²) in [5, 5.41) is 12.5. The van der Waals surface area contributed by atoms with Crippen LogP contribution in [0.3, 0.4) is 0 Å². The lowest BCUT2D eigenvalue weighted by atomic mass is 9.79. The van der Waals surface area contributed by atoms with Gasteiger partial charge in [0.05, 0.1) is 0 Å². The molecular formula is C13H25NO2. The van der Waals surface area contributed by atoms with E-state index in [9.17, 15) is 4.79 Å². The Morgan fingerprint density at radius 2 is 2.12 bits per heavy atom. The summed E-state index contributed by atoms with van der Waals surface area (Å²) in [4.78, 5) is 11.1. The van der Waals surface area contributed by atoms with Crippen molar-refractivity contribution in [3.05, 3.63) is 0 Å². The Morgan fingerprint density at radius 3 is 2.69 bits per heavy atom. The molecule has 0 amide bonds. The molecule has 16 heavy (non-hydrogen) atoms. The highest BCUT2D eigenvalue weighted by Gasteiger charge is 2.29. The van der Waals surface area contributed by atoms with Gasteiger partial charge in [-0.3, -0.25) is 4.79 Å². The van der Waals surface area contributed by atoms with Crippen LogP contribution in [-0.4, -0.2) is 23.2 Å². The summed E-state index contributed by atoms with van der Waals surface area (Å²) in [6.45, 7) is 6.52. The van der Waals surface area contributed by atoms with Gasteiger partial charge < -0.3 is 10.4 Å². The van der Waals surface area contributed by atoms with Crippen LogP contribution in [0.1, 0.15) is 52.9 Å². The van der Waals surface area contributed by atoms with E-state index < -0.39 is 5.97 Å². The second-order valence-electron chi connectivity index (χ2n) is 5.35. The van der Waals surface area contributed by atoms with Crippen LogP contribution < -0.4 is 5.32 Å². The number of hydrogen-bond donors (Lipinski definition) is 2. The molecule has 0 aromatic rings. The lowest BCUT2D eigenvalue weighted by molar-refractivity contribution is -0.140. The molecule has 0 aromatic heterocycles. The molecule has 0 spiro atoms. The van der Waals surface area contributed by atoms with E-state index in [0.717, 1.165) is 25.2 Å². The molecule has 4 unspecified atom stereocenters. The predicted octanol–water partition coefficient (Wildman–Crippen LogP) is 2.65. The minimum absolute atomic E-state index is 0.359. The average molecular weight is 227 g/mol. The van der Waals surface area contributed by atoms with Crippen molar-refractivity contribution < 1.29 is 9.90 Å². The highest BCUT2D eigenvalue weighted by molar-refractivity contribution is 5.73. The molecule has 1 saturated carbocycles. The summed E-state index contributed by atoms with van der Waals surface area (Å²) >= 11 is 0. The summed E-state index contributed by atoms with van der Waals surface area (Å²) in [5.41, 5.74) is 0. The zero-order valence-electron chi connectivity index (χ0n) is 10.7. The Labute approximate surface area is 98.6 Å². The monoisotopic (exact) mass is 227 g/mol. The van der Waals surface area contributed by atoms with Crippen molar-refractivity contribution in [1.82, 2.24) is 5.32 Å². The Kier molecular flexibility index (Phi) is 5.26. The molecule has 3 nitrogen and oxygen atoms in total. The number of nitrogens with one attached hydrogen (secondary N) is 1. The molecule has 0 aliphatic heterocycles. The lowest BCUT2D eigenvalue weighted by Crippen LogP contribution is -2.48. The zero-order chi connectivity index (χ0) is 12.1. The Morgan fingerprint density at radius 1 is 1.44 bits per heavy atom. The van der Waals surface area contributed by atoms with Crippen molar-refractivity contribution in [2.45, 2.75) is 65.0 Å². The molecule has 1 aliphatic rings. The van der Waals surface area contributed by atoms with E-state index in [1.165, 1.54) is 12.8 Å². The van der Waals surface area contributed by atoms with Gasteiger partial charge in [-0.2, -0.15) is 0 Å². The van der Waals surface area contributed by atoms with Crippen LogP contribution in [0.4, 0.5) is 0 Å². The smallest absolute Gasteiger partial charge is 0.320 e. The van der Waals surface area contributed by atoms with Crippen molar-refractivity contribution in [3.8, 4) is 0 Å². The van der Waals surface area contributed by atoms with Crippen molar-refractivity contribution in [1.29, 1.82) is 0 Å². The fourth-order valence-electron chi connectivity index (χ4n) is 2.59. The topological polar surface area (TPSA) is 49.3 Å². The summed E-state index contributed by atoms with van der Waals surface area (Å²) < 4.78 is 0. The van der Waals surface area contributed by atoms with E-state index in [4.69, 9.17) is 5.11 Å². The molecule has 4 atom stereocenters. The van der Waals surface area contributed by atoms with Gasteiger partial charge in [0.1, 0.15) is 6.04 Å². The molecule has 0 radical (unpaired) electrons. The minimum Gasteiger partial charge on any atom is -0.480 e. The standard InChI is InChI=1S/C13H25NO2/c1-4-5-11(13(15)16)14-12-8-9(2)6-7-10(12)3/h9-12,14H,4-8H2,1-3H3,(H,15,16). The maximum atomic E-state index is 11.1. The third-order valence-corrected chi connectivity index (χ3v) is 3.75. The van der Waals surface area contributed by atoms with Crippen LogP contribution in [0, 0.1) is 11.8 Å². The molecule has 2 N–H and O–H groups in total. The van der Waals surface area contributed by atoms with Crippen LogP contribution in [0.5, 0.6) is 0 Å². The lowest BCUT2D eigenvalue weighted by Gasteiger charge is -2.35. The molecule has 1 fully saturated rings. The highest BCUT2D eigenvalue weighted by Crippen LogP contribution is 2.28. The largest absolute Gasteiger partial charge is 0.480 e. The van der Waals surface area contributed by atoms with Crippen molar-refractivity contribution in [2.75, 3.05) is 0 Å². The molecule has 0 heterocycles. The molecular weight excluding hydrogens is 202 g/mol. The van der Waals surface area contributed by atoms with Crippen LogP contribution >= 0.6 is 0 Å². The van der Waals surface area contributed by atoms with Crippen LogP contribution in [0.15, 0.2) is 0 Å². The zero-order valence-corrected chi connectivity index (χ0v) is 10.7. The molecule has 0 aromatic carbocycles. The van der Waals surface area contributed by atoms with E-state index in [0.29, 0.717) is 12.0 Å². The first-order chi connectivity index (χ1) is 7.54. The number of carboxylic acids is 1. The van der Waals surface area contributed by atoms with Gasteiger partial charge in [-0.1, -0.05) is 33.6 Å². The van der Waals surface area contributed by atoms with Gasteiger partial charge in [0.25, 0.3) is 0 Å². The van der Waals surface area contributed by atoms with Gasteiger partial charge in [0.15, 0.2) is 0 Å². The van der Waals surface area contributed by atoms with E-state index >= 15 is 0 Å². The molecule has 3 heteroatoms. The molecule has 94 valence electrons. The van der Waals surface area contributed by atoms with E-state index in [1.54, 1.807) is 0 Å². The Bertz CT molecular complexity index is 230. The van der Waals surface area contributed by atoms with Gasteiger partial charge in [-0.15, -0.1) is 0 Å². The predicted molar refractivity (Wildman–Crippen MR) is 65.4 cm³/mol. The molecule has 0 saturated heterocycles. The first kappa shape index (κ1) is 13.5. The van der Waals surface area contributed by atoms with Gasteiger partial charge >= 0.3 is 5.97 Å². The number of hydrogen-bond acceptors (Lipinski definition) is 2. The quantitative estimate of drug-likeness (QED) is 0.759. The van der Waals surface area contributed by atoms with Crippen LogP contribution in [0.2, 0.25) is 0 Å². The van der Waals surface area contributed by atoms with Gasteiger partial charge in [0, 0.05) is 6.04 Å². The van der Waals surface area contributed by atoms with Gasteiger partial charge in [-0.05, 0) is 31.1 Å². The van der Waals surface area contributed by atoms with E-state index in [-0.39, 0.29) is 6.04 Å². The first-order valence-corrected chi connectivity index (χ1v) is 6.53. The summed E-state index contributed by atoms with van der Waals surface area (Å²) in [6.07, 6.45) is 5.27. The summed E-state index contributed by atoms with van der Waals surface area (Å²) in [5.74, 6) is 0.631. The van der Waals surface area contributed by atoms with Gasteiger partial charge in [0.2, 0.25) is 0 Å². The highest BCUT2D eigenvalue weighted by atomic mass is 16.4. The minimum atomic E-state index is -0.702. The summed E-state index contributed by atoms with van der Waals surface area (Å²) in [7, 11) is 0. The van der Waals surface area contributed by atoms with E-state index in [1.807, 2.05) is 6.92 Å². The van der Waals surface area contributed by atoms with Crippen molar-refractivity contribution in [3.63, 3.8) is 0 Å². The molecule has 0 bridgehead atoms. The molecule has 1 rings (SSSR count). The average Bonchev–Trinajstić information content (AvgIpc) is 2.22. The third kappa shape index (κ3) is 3.78. The second kappa shape index (κ2) is 6.24. The van der Waals surface area contributed by atoms with Gasteiger partial charge in [-0.25, -0.2) is 0 Å². The Hall–Kier alpha value is -0.570. The number of aliphatic carboxylic acids is 1. The van der Waals surface area contributed by atoms with Crippen molar-refractivity contribution >= 4 is 5.97 Å². The van der Waals surface area contributed by atoms with E-state index in [2.05, 4.69) is 19.2 Å². The summed E-state index contributed by atoms with van der Waals surface area (Å²) in [6, 6.07) is 0.0270. The van der Waals surface area contributed by atoms with Crippen LogP contribution in [0.25, 0.3) is 0 Å². The second-order valence-corrected chi connectivity index (χ2v) is 5.35. The number of carbonyl (C=O) groups is 1. The fraction of sp³-hybridized carbons (Fsp3) is 0.923. The normalized spacial score (nSPS) is 32.3.